The second-order valence-corrected chi connectivity index (χ2v) is 3.60. The lowest BCUT2D eigenvalue weighted by molar-refractivity contribution is 0.359. The summed E-state index contributed by atoms with van der Waals surface area (Å²) in [4.78, 5) is 0. The van der Waals surface area contributed by atoms with Crippen molar-refractivity contribution in [2.75, 3.05) is 11.2 Å². The molecule has 0 aromatic heterocycles. The van der Waals surface area contributed by atoms with Crippen LogP contribution in [-0.4, -0.2) is 24.7 Å². The van der Waals surface area contributed by atoms with Crippen molar-refractivity contribution in [3.8, 4) is 0 Å². The highest BCUT2D eigenvalue weighted by Gasteiger charge is 2.02. The standard InChI is InChI=1S/C2H5ClO3S/c3-1-7(5,6)2-4/h4H,1-2H2. The third-order valence-electron chi connectivity index (χ3n) is 0.363. The Bertz CT molecular complexity index is 116. The first-order valence-corrected chi connectivity index (χ1v) is 3.85. The average Bonchev–Trinajstić information content (AvgIpc) is 1.68. The summed E-state index contributed by atoms with van der Waals surface area (Å²) in [6.45, 7) is 0. The Hall–Kier alpha value is 0.200. The van der Waals surface area contributed by atoms with Crippen molar-refractivity contribution in [1.29, 1.82) is 0 Å². The number of hydrogen-bond donors (Lipinski definition) is 1. The minimum absolute atomic E-state index is 0.510. The van der Waals surface area contributed by atoms with E-state index in [0.29, 0.717) is 0 Å². The Labute approximate surface area is 46.8 Å². The van der Waals surface area contributed by atoms with Gasteiger partial charge in [0.1, 0.15) is 11.2 Å². The Morgan fingerprint density at radius 3 is 2.00 bits per heavy atom. The zero-order chi connectivity index (χ0) is 5.91. The summed E-state index contributed by atoms with van der Waals surface area (Å²) in [6.07, 6.45) is 0. The number of aliphatic hydroxyl groups excluding tert-OH is 1. The zero-order valence-electron chi connectivity index (χ0n) is 3.46. The summed E-state index contributed by atoms with van der Waals surface area (Å²) < 4.78 is 20.0. The van der Waals surface area contributed by atoms with Crippen molar-refractivity contribution in [1.82, 2.24) is 0 Å². The molecular weight excluding hydrogens is 140 g/mol. The molecule has 0 aromatic rings. The Morgan fingerprint density at radius 1 is 1.57 bits per heavy atom. The lowest BCUT2D eigenvalue weighted by Crippen LogP contribution is -2.05. The fraction of sp³-hybridized carbons (Fsp3) is 1.00. The van der Waals surface area contributed by atoms with Gasteiger partial charge in [-0.3, -0.25) is 0 Å². The molecule has 0 unspecified atom stereocenters. The molecule has 0 saturated heterocycles. The lowest BCUT2D eigenvalue weighted by atomic mass is 11.7. The molecule has 44 valence electrons. The van der Waals surface area contributed by atoms with Crippen LogP contribution < -0.4 is 0 Å². The van der Waals surface area contributed by atoms with Gasteiger partial charge in [-0.25, -0.2) is 8.42 Å². The summed E-state index contributed by atoms with van der Waals surface area (Å²) in [5.74, 6) is -0.865. The number of alkyl halides is 1. The zero-order valence-corrected chi connectivity index (χ0v) is 5.04. The van der Waals surface area contributed by atoms with Crippen LogP contribution in [0.2, 0.25) is 0 Å². The monoisotopic (exact) mass is 144 g/mol. The van der Waals surface area contributed by atoms with E-state index < -0.39 is 21.0 Å². The SMILES string of the molecule is O=S(=O)(CO)CCl. The van der Waals surface area contributed by atoms with Crippen LogP contribution in [0.25, 0.3) is 0 Å². The molecule has 0 aliphatic carbocycles. The highest BCUT2D eigenvalue weighted by molar-refractivity contribution is 7.92. The molecule has 0 saturated carbocycles. The third kappa shape index (κ3) is 2.85. The van der Waals surface area contributed by atoms with Crippen molar-refractivity contribution >= 4 is 21.4 Å². The smallest absolute Gasteiger partial charge is 0.187 e. The lowest BCUT2D eigenvalue weighted by Gasteiger charge is -1.87. The number of aliphatic hydroxyl groups is 1. The predicted molar refractivity (Wildman–Crippen MR) is 26.7 cm³/mol. The molecule has 0 heterocycles. The normalized spacial score (nSPS) is 11.7. The molecule has 0 radical (unpaired) electrons. The van der Waals surface area contributed by atoms with Gasteiger partial charge in [0.15, 0.2) is 9.84 Å². The Kier molecular flexibility index (Phi) is 2.56. The van der Waals surface area contributed by atoms with E-state index in [1.807, 2.05) is 0 Å². The number of hydrogen-bond acceptors (Lipinski definition) is 3. The maximum Gasteiger partial charge on any atom is 0.187 e. The van der Waals surface area contributed by atoms with Gasteiger partial charge in [-0.2, -0.15) is 0 Å². The van der Waals surface area contributed by atoms with Crippen LogP contribution in [0.15, 0.2) is 0 Å². The number of sulfone groups is 1. The van der Waals surface area contributed by atoms with Crippen LogP contribution >= 0.6 is 11.6 Å². The maximum atomic E-state index is 9.99. The van der Waals surface area contributed by atoms with Crippen molar-refractivity contribution < 1.29 is 13.5 Å². The molecule has 5 heteroatoms. The molecule has 0 bridgehead atoms. The van der Waals surface area contributed by atoms with Gasteiger partial charge in [0.05, 0.1) is 0 Å². The van der Waals surface area contributed by atoms with Crippen LogP contribution in [0.4, 0.5) is 0 Å². The number of halogens is 1. The van der Waals surface area contributed by atoms with Crippen LogP contribution in [0.5, 0.6) is 0 Å². The summed E-state index contributed by atoms with van der Waals surface area (Å²) in [5.41, 5.74) is 0. The largest absolute Gasteiger partial charge is 0.380 e. The van der Waals surface area contributed by atoms with E-state index in [-0.39, 0.29) is 0 Å². The average molecular weight is 145 g/mol. The van der Waals surface area contributed by atoms with E-state index in [2.05, 4.69) is 0 Å². The van der Waals surface area contributed by atoms with Crippen molar-refractivity contribution in [2.24, 2.45) is 0 Å². The molecule has 0 aliphatic heterocycles. The van der Waals surface area contributed by atoms with Gasteiger partial charge in [0, 0.05) is 0 Å². The van der Waals surface area contributed by atoms with Gasteiger partial charge in [-0.05, 0) is 0 Å². The summed E-state index contributed by atoms with van der Waals surface area (Å²) in [6, 6.07) is 0. The number of rotatable bonds is 2. The first-order valence-electron chi connectivity index (χ1n) is 1.49. The van der Waals surface area contributed by atoms with Gasteiger partial charge in [0.2, 0.25) is 0 Å². The first-order chi connectivity index (χ1) is 3.12. The van der Waals surface area contributed by atoms with E-state index in [9.17, 15) is 8.42 Å². The molecule has 1 N–H and O–H groups in total. The fourth-order valence-electron chi connectivity index (χ4n) is 0.0345. The van der Waals surface area contributed by atoms with E-state index in [4.69, 9.17) is 16.7 Å². The molecule has 0 fully saturated rings. The fourth-order valence-corrected chi connectivity index (χ4v) is 0.311. The first kappa shape index (κ1) is 7.20. The molecule has 0 aromatic carbocycles. The molecule has 0 atom stereocenters. The molecule has 3 nitrogen and oxygen atoms in total. The van der Waals surface area contributed by atoms with E-state index in [1.54, 1.807) is 0 Å². The van der Waals surface area contributed by atoms with Gasteiger partial charge in [0.25, 0.3) is 0 Å². The minimum Gasteiger partial charge on any atom is -0.380 e. The van der Waals surface area contributed by atoms with Crippen LogP contribution in [0.1, 0.15) is 0 Å². The molecule has 0 aliphatic rings. The second kappa shape index (κ2) is 2.49. The summed E-state index contributed by atoms with van der Waals surface area (Å²) in [5, 5.41) is 7.41. The summed E-state index contributed by atoms with van der Waals surface area (Å²) >= 11 is 4.85. The second-order valence-electron chi connectivity index (χ2n) is 0.982. The quantitative estimate of drug-likeness (QED) is 0.534. The van der Waals surface area contributed by atoms with Crippen LogP contribution in [0, 0.1) is 0 Å². The molecule has 0 spiro atoms. The maximum absolute atomic E-state index is 9.99. The van der Waals surface area contributed by atoms with Crippen LogP contribution in [0.3, 0.4) is 0 Å². The molecule has 0 amide bonds. The molecule has 0 rings (SSSR count). The van der Waals surface area contributed by atoms with Gasteiger partial charge in [-0.15, -0.1) is 11.6 Å². The van der Waals surface area contributed by atoms with Gasteiger partial charge < -0.3 is 5.11 Å². The van der Waals surface area contributed by atoms with E-state index in [0.717, 1.165) is 0 Å². The highest BCUT2D eigenvalue weighted by atomic mass is 35.5. The van der Waals surface area contributed by atoms with Crippen LogP contribution in [-0.2, 0) is 9.84 Å². The highest BCUT2D eigenvalue weighted by Crippen LogP contribution is 1.88. The van der Waals surface area contributed by atoms with Gasteiger partial charge >= 0.3 is 0 Å². The predicted octanol–water partition coefficient (Wildman–Crippen LogP) is -0.453. The van der Waals surface area contributed by atoms with Crippen molar-refractivity contribution in [2.45, 2.75) is 0 Å². The van der Waals surface area contributed by atoms with Crippen molar-refractivity contribution in [3.63, 3.8) is 0 Å². The molecule has 7 heavy (non-hydrogen) atoms. The third-order valence-corrected chi connectivity index (χ3v) is 2.09. The molecular formula is C2H5ClO3S. The Balaban J connectivity index is 3.89. The van der Waals surface area contributed by atoms with Gasteiger partial charge in [-0.1, -0.05) is 0 Å². The topological polar surface area (TPSA) is 54.4 Å². The summed E-state index contributed by atoms with van der Waals surface area (Å²) in [7, 11) is -3.34. The Morgan fingerprint density at radius 2 is 2.00 bits per heavy atom. The van der Waals surface area contributed by atoms with E-state index in [1.165, 1.54) is 0 Å². The minimum atomic E-state index is -3.34. The van der Waals surface area contributed by atoms with Crippen molar-refractivity contribution in [3.05, 3.63) is 0 Å². The van der Waals surface area contributed by atoms with E-state index >= 15 is 0 Å².